The SMILES string of the molecule is Cc1ccc(-n2c(O)c(C=Nc3ccc(Cl)cn3)c3ccccc3c2=O)cc1C. The van der Waals surface area contributed by atoms with Gasteiger partial charge in [-0.05, 0) is 55.3 Å². The number of aromatic hydroxyl groups is 1. The molecule has 4 aromatic rings. The van der Waals surface area contributed by atoms with Gasteiger partial charge in [-0.15, -0.1) is 0 Å². The highest BCUT2D eigenvalue weighted by molar-refractivity contribution is 6.30. The number of nitrogens with zero attached hydrogens (tertiary/aromatic N) is 3. The van der Waals surface area contributed by atoms with Crippen molar-refractivity contribution in [2.75, 3.05) is 0 Å². The third kappa shape index (κ3) is 3.52. The van der Waals surface area contributed by atoms with Crippen molar-refractivity contribution in [2.45, 2.75) is 13.8 Å². The van der Waals surface area contributed by atoms with Crippen molar-refractivity contribution in [1.29, 1.82) is 0 Å². The smallest absolute Gasteiger partial charge is 0.265 e. The van der Waals surface area contributed by atoms with E-state index in [2.05, 4.69) is 9.98 Å². The molecule has 0 saturated heterocycles. The molecule has 0 aliphatic carbocycles. The van der Waals surface area contributed by atoms with Gasteiger partial charge in [-0.3, -0.25) is 4.79 Å². The van der Waals surface area contributed by atoms with Crippen LogP contribution in [0, 0.1) is 13.8 Å². The lowest BCUT2D eigenvalue weighted by atomic mass is 10.1. The zero-order valence-corrected chi connectivity index (χ0v) is 16.7. The highest BCUT2D eigenvalue weighted by Crippen LogP contribution is 2.27. The fourth-order valence-corrected chi connectivity index (χ4v) is 3.28. The van der Waals surface area contributed by atoms with E-state index in [-0.39, 0.29) is 11.4 Å². The van der Waals surface area contributed by atoms with Gasteiger partial charge in [0, 0.05) is 23.2 Å². The third-order valence-corrected chi connectivity index (χ3v) is 5.11. The first-order valence-electron chi connectivity index (χ1n) is 9.05. The lowest BCUT2D eigenvalue weighted by molar-refractivity contribution is 0.436. The van der Waals surface area contributed by atoms with Gasteiger partial charge in [0.15, 0.2) is 5.82 Å². The largest absolute Gasteiger partial charge is 0.494 e. The topological polar surface area (TPSA) is 67.5 Å². The molecule has 29 heavy (non-hydrogen) atoms. The minimum atomic E-state index is -0.289. The number of aliphatic imine (C=N–C) groups is 1. The first-order chi connectivity index (χ1) is 14.0. The van der Waals surface area contributed by atoms with Crippen LogP contribution in [-0.4, -0.2) is 20.9 Å². The van der Waals surface area contributed by atoms with Crippen molar-refractivity contribution in [1.82, 2.24) is 9.55 Å². The van der Waals surface area contributed by atoms with Gasteiger partial charge >= 0.3 is 0 Å². The van der Waals surface area contributed by atoms with Gasteiger partial charge in [0.1, 0.15) is 0 Å². The zero-order valence-electron chi connectivity index (χ0n) is 15.9. The van der Waals surface area contributed by atoms with Crippen LogP contribution >= 0.6 is 11.6 Å². The van der Waals surface area contributed by atoms with Gasteiger partial charge in [0.2, 0.25) is 5.88 Å². The van der Waals surface area contributed by atoms with Gasteiger partial charge < -0.3 is 5.11 Å². The number of rotatable bonds is 3. The van der Waals surface area contributed by atoms with Crippen molar-refractivity contribution in [3.8, 4) is 11.6 Å². The Morgan fingerprint density at radius 2 is 1.79 bits per heavy atom. The second-order valence-electron chi connectivity index (χ2n) is 6.78. The summed E-state index contributed by atoms with van der Waals surface area (Å²) in [5.41, 5.74) is 2.89. The lowest BCUT2D eigenvalue weighted by Gasteiger charge is -2.14. The van der Waals surface area contributed by atoms with Crippen molar-refractivity contribution >= 4 is 34.4 Å². The van der Waals surface area contributed by atoms with Gasteiger partial charge in [-0.2, -0.15) is 0 Å². The van der Waals surface area contributed by atoms with Crippen LogP contribution in [-0.2, 0) is 0 Å². The van der Waals surface area contributed by atoms with Crippen LogP contribution < -0.4 is 5.56 Å². The van der Waals surface area contributed by atoms with Crippen LogP contribution in [0.5, 0.6) is 5.88 Å². The van der Waals surface area contributed by atoms with E-state index in [4.69, 9.17) is 11.6 Å². The Bertz CT molecular complexity index is 1310. The summed E-state index contributed by atoms with van der Waals surface area (Å²) in [5, 5.41) is 12.7. The van der Waals surface area contributed by atoms with Crippen LogP contribution in [0.3, 0.4) is 0 Å². The maximum Gasteiger partial charge on any atom is 0.265 e. The lowest BCUT2D eigenvalue weighted by Crippen LogP contribution is -2.20. The van der Waals surface area contributed by atoms with E-state index in [0.717, 1.165) is 11.1 Å². The molecule has 0 amide bonds. The molecular formula is C23H18ClN3O2. The molecule has 0 aliphatic rings. The number of aryl methyl sites for hydroxylation is 2. The first kappa shape index (κ1) is 18.9. The summed E-state index contributed by atoms with van der Waals surface area (Å²) in [7, 11) is 0. The van der Waals surface area contributed by atoms with E-state index in [1.54, 1.807) is 30.3 Å². The van der Waals surface area contributed by atoms with Crippen LogP contribution in [0.1, 0.15) is 16.7 Å². The van der Waals surface area contributed by atoms with E-state index in [1.165, 1.54) is 17.0 Å². The van der Waals surface area contributed by atoms with Crippen molar-refractivity contribution in [2.24, 2.45) is 4.99 Å². The Kier molecular flexibility index (Phi) is 4.91. The summed E-state index contributed by atoms with van der Waals surface area (Å²) < 4.78 is 1.31. The van der Waals surface area contributed by atoms with Crippen LogP contribution in [0.2, 0.25) is 5.02 Å². The fraction of sp³-hybridized carbons (Fsp3) is 0.0870. The quantitative estimate of drug-likeness (QED) is 0.483. The normalized spacial score (nSPS) is 11.4. The molecule has 1 N–H and O–H groups in total. The molecule has 0 bridgehead atoms. The molecule has 0 atom stereocenters. The monoisotopic (exact) mass is 403 g/mol. The molecule has 4 rings (SSSR count). The molecule has 6 heteroatoms. The van der Waals surface area contributed by atoms with Crippen LogP contribution in [0.4, 0.5) is 5.82 Å². The summed E-state index contributed by atoms with van der Waals surface area (Å²) in [6.07, 6.45) is 3.02. The molecule has 144 valence electrons. The van der Waals surface area contributed by atoms with Gasteiger partial charge in [-0.25, -0.2) is 14.5 Å². The first-order valence-corrected chi connectivity index (χ1v) is 9.43. The van der Waals surface area contributed by atoms with Crippen LogP contribution in [0.15, 0.2) is 70.6 Å². The molecule has 0 fully saturated rings. The highest BCUT2D eigenvalue weighted by atomic mass is 35.5. The molecule has 5 nitrogen and oxygen atoms in total. The van der Waals surface area contributed by atoms with Gasteiger partial charge in [0.05, 0.1) is 16.3 Å². The van der Waals surface area contributed by atoms with Crippen molar-refractivity contribution in [3.05, 3.63) is 92.9 Å². The molecule has 0 aliphatic heterocycles. The maximum atomic E-state index is 13.1. The molecule has 0 radical (unpaired) electrons. The number of hydrogen-bond donors (Lipinski definition) is 1. The second-order valence-corrected chi connectivity index (χ2v) is 7.22. The molecule has 0 spiro atoms. The Morgan fingerprint density at radius 3 is 2.48 bits per heavy atom. The van der Waals surface area contributed by atoms with E-state index < -0.39 is 0 Å². The molecule has 2 aromatic carbocycles. The number of aromatic nitrogens is 2. The Balaban J connectivity index is 1.97. The van der Waals surface area contributed by atoms with Crippen molar-refractivity contribution in [3.63, 3.8) is 0 Å². The van der Waals surface area contributed by atoms with Crippen molar-refractivity contribution < 1.29 is 5.11 Å². The van der Waals surface area contributed by atoms with E-state index in [9.17, 15) is 9.90 Å². The highest BCUT2D eigenvalue weighted by Gasteiger charge is 2.16. The maximum absolute atomic E-state index is 13.1. The standard InChI is InChI=1S/C23H18ClN3O2/c1-14-7-9-17(11-15(14)2)27-22(28)19-6-4-3-5-18(19)20(23(27)29)13-26-21-10-8-16(24)12-25-21/h3-13,29H,1-2H3. The number of halogens is 1. The zero-order chi connectivity index (χ0) is 20.5. The number of fused-ring (bicyclic) bond motifs is 1. The van der Waals surface area contributed by atoms with E-state index in [0.29, 0.717) is 32.9 Å². The predicted octanol–water partition coefficient (Wildman–Crippen LogP) is 5.11. The molecule has 2 heterocycles. The Hall–Kier alpha value is -3.44. The Morgan fingerprint density at radius 1 is 1.03 bits per heavy atom. The fourth-order valence-electron chi connectivity index (χ4n) is 3.17. The molecule has 0 saturated carbocycles. The molecule has 2 aromatic heterocycles. The number of benzene rings is 2. The number of hydrogen-bond acceptors (Lipinski definition) is 4. The predicted molar refractivity (Wildman–Crippen MR) is 117 cm³/mol. The molecule has 0 unspecified atom stereocenters. The third-order valence-electron chi connectivity index (χ3n) is 4.89. The average Bonchev–Trinajstić information content (AvgIpc) is 2.72. The summed E-state index contributed by atoms with van der Waals surface area (Å²) in [6.45, 7) is 3.97. The molecular weight excluding hydrogens is 386 g/mol. The summed E-state index contributed by atoms with van der Waals surface area (Å²) in [6, 6.07) is 16.1. The van der Waals surface area contributed by atoms with Crippen LogP contribution in [0.25, 0.3) is 16.5 Å². The summed E-state index contributed by atoms with van der Waals surface area (Å²) in [5.74, 6) is 0.275. The Labute approximate surface area is 172 Å². The minimum Gasteiger partial charge on any atom is -0.494 e. The van der Waals surface area contributed by atoms with Gasteiger partial charge in [-0.1, -0.05) is 35.9 Å². The average molecular weight is 404 g/mol. The van der Waals surface area contributed by atoms with Gasteiger partial charge in [0.25, 0.3) is 5.56 Å². The second kappa shape index (κ2) is 7.53. The number of pyridine rings is 2. The summed E-state index contributed by atoms with van der Waals surface area (Å²) in [4.78, 5) is 21.6. The minimum absolute atomic E-state index is 0.172. The summed E-state index contributed by atoms with van der Waals surface area (Å²) >= 11 is 5.87. The van der Waals surface area contributed by atoms with E-state index >= 15 is 0 Å². The van der Waals surface area contributed by atoms with E-state index in [1.807, 2.05) is 38.1 Å².